The minimum atomic E-state index is -0.515. The molecule has 0 radical (unpaired) electrons. The molecule has 12 rings (SSSR count). The van der Waals surface area contributed by atoms with E-state index in [1.54, 1.807) is 0 Å². The normalized spacial score (nSPS) is 15.5. The molecule has 3 heterocycles. The van der Waals surface area contributed by atoms with E-state index in [-0.39, 0.29) is 0 Å². The second-order valence-electron chi connectivity index (χ2n) is 14.4. The average Bonchev–Trinajstić information content (AvgIpc) is 3.88. The number of fused-ring (bicyclic) bond motifs is 16. The van der Waals surface area contributed by atoms with Gasteiger partial charge in [0, 0.05) is 52.1 Å². The predicted molar refractivity (Wildman–Crippen MR) is 227 cm³/mol. The fourth-order valence-corrected chi connectivity index (χ4v) is 12.0. The first-order valence-corrected chi connectivity index (χ1v) is 20.1. The zero-order chi connectivity index (χ0) is 35.5. The average molecular weight is 726 g/mol. The largest absolute Gasteiger partial charge is 0.454 e. The lowest BCUT2D eigenvalue weighted by Gasteiger charge is -2.40. The lowest BCUT2D eigenvalue weighted by Crippen LogP contribution is -2.32. The molecule has 2 aromatic heterocycles. The van der Waals surface area contributed by atoms with Gasteiger partial charge in [-0.2, -0.15) is 0 Å². The van der Waals surface area contributed by atoms with Crippen molar-refractivity contribution in [2.75, 3.05) is 4.90 Å². The van der Waals surface area contributed by atoms with Crippen LogP contribution in [-0.2, 0) is 5.41 Å². The summed E-state index contributed by atoms with van der Waals surface area (Å²) >= 11 is 3.83. The summed E-state index contributed by atoms with van der Waals surface area (Å²) in [6.07, 6.45) is 0. The minimum absolute atomic E-state index is 0.515. The quantitative estimate of drug-likeness (QED) is 0.180. The van der Waals surface area contributed by atoms with Crippen molar-refractivity contribution in [2.24, 2.45) is 0 Å². The van der Waals surface area contributed by atoms with E-state index < -0.39 is 5.41 Å². The maximum absolute atomic E-state index is 6.72. The number of hydrogen-bond donors (Lipinski definition) is 0. The maximum Gasteiger partial charge on any atom is 0.159 e. The van der Waals surface area contributed by atoms with E-state index in [1.807, 2.05) is 29.2 Å². The molecule has 1 aliphatic heterocycles. The molecule has 0 N–H and O–H groups in total. The number of anilines is 3. The van der Waals surface area contributed by atoms with Crippen LogP contribution in [0.15, 0.2) is 184 Å². The lowest BCUT2D eigenvalue weighted by molar-refractivity contribution is 0.669. The summed E-state index contributed by atoms with van der Waals surface area (Å²) in [5.41, 5.74) is 13.6. The van der Waals surface area contributed by atoms with Crippen molar-refractivity contribution in [1.29, 1.82) is 0 Å². The predicted octanol–water partition coefficient (Wildman–Crippen LogP) is 14.6. The van der Waals surface area contributed by atoms with Crippen LogP contribution in [0.5, 0.6) is 0 Å². The Kier molecular flexibility index (Phi) is 6.32. The summed E-state index contributed by atoms with van der Waals surface area (Å²) in [4.78, 5) is 5.08. The van der Waals surface area contributed by atoms with Crippen molar-refractivity contribution in [3.05, 3.63) is 198 Å². The molecule has 1 unspecified atom stereocenters. The molecule has 2 aliphatic rings. The van der Waals surface area contributed by atoms with Gasteiger partial charge in [0.05, 0.1) is 11.1 Å². The van der Waals surface area contributed by atoms with Crippen LogP contribution in [-0.4, -0.2) is 0 Å². The van der Waals surface area contributed by atoms with Crippen LogP contribution < -0.4 is 4.90 Å². The van der Waals surface area contributed by atoms with Gasteiger partial charge in [-0.05, 0) is 94.4 Å². The molecule has 1 atom stereocenters. The monoisotopic (exact) mass is 725 g/mol. The second-order valence-corrected chi connectivity index (χ2v) is 16.5. The molecule has 2 nitrogen and oxygen atoms in total. The first-order chi connectivity index (χ1) is 26.7. The van der Waals surface area contributed by atoms with Crippen LogP contribution in [0.3, 0.4) is 0 Å². The number of thiophene rings is 1. The van der Waals surface area contributed by atoms with Crippen molar-refractivity contribution in [1.82, 2.24) is 0 Å². The fourth-order valence-electron chi connectivity index (χ4n) is 9.42. The Labute approximate surface area is 320 Å². The van der Waals surface area contributed by atoms with Gasteiger partial charge in [0.2, 0.25) is 0 Å². The molecule has 4 heteroatoms. The zero-order valence-corrected chi connectivity index (χ0v) is 31.0. The Morgan fingerprint density at radius 2 is 1.24 bits per heavy atom. The van der Waals surface area contributed by atoms with Crippen molar-refractivity contribution >= 4 is 82.3 Å². The highest BCUT2D eigenvalue weighted by molar-refractivity contribution is 7.99. The van der Waals surface area contributed by atoms with Gasteiger partial charge in [-0.25, -0.2) is 0 Å². The number of nitrogens with zero attached hydrogens (tertiary/aromatic N) is 1. The molecule has 10 aromatic rings. The standard InChI is InChI=1S/C50H31NOS2/c1-30-13-2-8-20-41(30)51(42-21-12-17-35-34-15-4-9-22-43(34)52-48(35)42)31-25-26-33-32-14-3-6-18-37(32)50(40(33)29-31)38-19-7-11-24-45(38)54-49-39(50)27-28-46-47(49)36-16-5-10-23-44(36)53-46/h2-29H,1H3. The summed E-state index contributed by atoms with van der Waals surface area (Å²) in [5, 5.41) is 4.95. The van der Waals surface area contributed by atoms with Crippen molar-refractivity contribution < 1.29 is 4.42 Å². The Balaban J connectivity index is 1.19. The van der Waals surface area contributed by atoms with Gasteiger partial charge in [-0.15, -0.1) is 11.3 Å². The molecule has 54 heavy (non-hydrogen) atoms. The number of furan rings is 1. The van der Waals surface area contributed by atoms with Crippen molar-refractivity contribution in [2.45, 2.75) is 22.1 Å². The molecular formula is C50H31NOS2. The van der Waals surface area contributed by atoms with Crippen LogP contribution >= 0.6 is 23.1 Å². The molecule has 0 saturated heterocycles. The van der Waals surface area contributed by atoms with E-state index in [9.17, 15) is 0 Å². The first-order valence-electron chi connectivity index (χ1n) is 18.4. The van der Waals surface area contributed by atoms with Crippen LogP contribution in [0.25, 0.3) is 53.2 Å². The highest BCUT2D eigenvalue weighted by Crippen LogP contribution is 2.64. The van der Waals surface area contributed by atoms with E-state index in [2.05, 4.69) is 176 Å². The van der Waals surface area contributed by atoms with Crippen LogP contribution in [0.1, 0.15) is 27.8 Å². The van der Waals surface area contributed by atoms with Crippen LogP contribution in [0.2, 0.25) is 0 Å². The smallest absolute Gasteiger partial charge is 0.159 e. The molecular weight excluding hydrogens is 695 g/mol. The third kappa shape index (κ3) is 3.96. The van der Waals surface area contributed by atoms with Crippen LogP contribution in [0.4, 0.5) is 17.1 Å². The molecule has 0 fully saturated rings. The van der Waals surface area contributed by atoms with Gasteiger partial charge < -0.3 is 9.32 Å². The Morgan fingerprint density at radius 1 is 0.519 bits per heavy atom. The van der Waals surface area contributed by atoms with E-state index in [1.165, 1.54) is 68.9 Å². The van der Waals surface area contributed by atoms with Gasteiger partial charge in [0.15, 0.2) is 5.58 Å². The van der Waals surface area contributed by atoms with Gasteiger partial charge >= 0.3 is 0 Å². The Hall–Kier alpha value is -6.07. The van der Waals surface area contributed by atoms with Gasteiger partial charge in [-0.3, -0.25) is 0 Å². The van der Waals surface area contributed by atoms with Crippen molar-refractivity contribution in [3.8, 4) is 11.1 Å². The topological polar surface area (TPSA) is 16.4 Å². The summed E-state index contributed by atoms with van der Waals surface area (Å²) in [5.74, 6) is 0. The summed E-state index contributed by atoms with van der Waals surface area (Å²) in [6, 6.07) is 62.7. The summed E-state index contributed by atoms with van der Waals surface area (Å²) in [6.45, 7) is 2.20. The number of hydrogen-bond acceptors (Lipinski definition) is 4. The maximum atomic E-state index is 6.72. The SMILES string of the molecule is Cc1ccccc1N(c1ccc2c(c1)C1(c3ccccc3Sc3c1ccc1sc4ccccc4c31)c1ccccc1-2)c1cccc2c1oc1ccccc12. The van der Waals surface area contributed by atoms with Gasteiger partial charge in [0.25, 0.3) is 0 Å². The second kappa shape index (κ2) is 11.2. The molecule has 254 valence electrons. The summed E-state index contributed by atoms with van der Waals surface area (Å²) < 4.78 is 9.38. The first kappa shape index (κ1) is 30.4. The Bertz CT molecular complexity index is 3190. The Morgan fingerprint density at radius 3 is 2.17 bits per heavy atom. The molecule has 1 aliphatic carbocycles. The fraction of sp³-hybridized carbons (Fsp3) is 0.0400. The van der Waals surface area contributed by atoms with Crippen LogP contribution in [0, 0.1) is 6.92 Å². The molecule has 1 spiro atoms. The van der Waals surface area contributed by atoms with Crippen molar-refractivity contribution in [3.63, 3.8) is 0 Å². The minimum Gasteiger partial charge on any atom is -0.454 e. The summed E-state index contributed by atoms with van der Waals surface area (Å²) in [7, 11) is 0. The number of para-hydroxylation sites is 3. The van der Waals surface area contributed by atoms with E-state index in [0.29, 0.717) is 0 Å². The zero-order valence-electron chi connectivity index (χ0n) is 29.3. The third-order valence-electron chi connectivity index (χ3n) is 11.7. The molecule has 0 bridgehead atoms. The lowest BCUT2D eigenvalue weighted by atomic mass is 9.67. The highest BCUT2D eigenvalue weighted by atomic mass is 32.2. The van der Waals surface area contributed by atoms with E-state index in [4.69, 9.17) is 4.42 Å². The number of rotatable bonds is 3. The van der Waals surface area contributed by atoms with Gasteiger partial charge in [0.1, 0.15) is 5.58 Å². The molecule has 8 aromatic carbocycles. The highest BCUT2D eigenvalue weighted by Gasteiger charge is 2.51. The molecule has 0 amide bonds. The number of aryl methyl sites for hydroxylation is 1. The van der Waals surface area contributed by atoms with Gasteiger partial charge in [-0.1, -0.05) is 133 Å². The van der Waals surface area contributed by atoms with E-state index >= 15 is 0 Å². The van der Waals surface area contributed by atoms with E-state index in [0.717, 1.165) is 39.0 Å². The third-order valence-corrected chi connectivity index (χ3v) is 14.0. The molecule has 0 saturated carbocycles. The number of benzene rings is 8.